The Morgan fingerprint density at radius 2 is 2.06 bits per heavy atom. The molecular formula is C13H15BrN2O. The molecule has 1 heterocycles. The number of para-hydroxylation sites is 1. The van der Waals surface area contributed by atoms with Crippen molar-refractivity contribution in [1.29, 1.82) is 0 Å². The molecule has 0 fully saturated rings. The van der Waals surface area contributed by atoms with Gasteiger partial charge in [-0.25, -0.2) is 4.68 Å². The van der Waals surface area contributed by atoms with E-state index >= 15 is 0 Å². The van der Waals surface area contributed by atoms with E-state index in [2.05, 4.69) is 21.0 Å². The summed E-state index contributed by atoms with van der Waals surface area (Å²) in [6, 6.07) is 12.0. The summed E-state index contributed by atoms with van der Waals surface area (Å²) in [7, 11) is 0. The fourth-order valence-corrected chi connectivity index (χ4v) is 1.79. The maximum absolute atomic E-state index is 5.72. The van der Waals surface area contributed by atoms with Crippen LogP contribution in [0.2, 0.25) is 0 Å². The van der Waals surface area contributed by atoms with E-state index in [1.807, 2.05) is 48.0 Å². The summed E-state index contributed by atoms with van der Waals surface area (Å²) >= 11 is 3.39. The molecule has 90 valence electrons. The van der Waals surface area contributed by atoms with Crippen LogP contribution in [0.4, 0.5) is 0 Å². The lowest BCUT2D eigenvalue weighted by Crippen LogP contribution is -2.04. The van der Waals surface area contributed by atoms with Gasteiger partial charge >= 0.3 is 0 Å². The van der Waals surface area contributed by atoms with Crippen molar-refractivity contribution in [2.24, 2.45) is 0 Å². The fraction of sp³-hybridized carbons (Fsp3) is 0.308. The normalized spacial score (nSPS) is 10.5. The number of aromatic nitrogens is 2. The standard InChI is InChI=1S/C13H15BrN2O/c1-11-10-13(17-9-5-8-14)16(15-11)12-6-3-2-4-7-12/h2-4,6-7,10H,5,8-9H2,1H3. The van der Waals surface area contributed by atoms with Crippen LogP contribution in [0.25, 0.3) is 5.69 Å². The van der Waals surface area contributed by atoms with Crippen molar-refractivity contribution in [1.82, 2.24) is 9.78 Å². The highest BCUT2D eigenvalue weighted by Crippen LogP contribution is 2.19. The molecule has 0 aliphatic carbocycles. The summed E-state index contributed by atoms with van der Waals surface area (Å²) in [5.74, 6) is 0.801. The average molecular weight is 295 g/mol. The van der Waals surface area contributed by atoms with E-state index in [1.54, 1.807) is 0 Å². The summed E-state index contributed by atoms with van der Waals surface area (Å²) in [5.41, 5.74) is 1.98. The molecule has 17 heavy (non-hydrogen) atoms. The number of halogens is 1. The minimum atomic E-state index is 0.698. The van der Waals surface area contributed by atoms with E-state index in [9.17, 15) is 0 Å². The molecule has 0 atom stereocenters. The molecule has 0 spiro atoms. The Labute approximate surface area is 110 Å². The van der Waals surface area contributed by atoms with Gasteiger partial charge in [0.25, 0.3) is 0 Å². The van der Waals surface area contributed by atoms with Gasteiger partial charge in [0.1, 0.15) is 0 Å². The Bertz CT molecular complexity index is 468. The first kappa shape index (κ1) is 12.2. The lowest BCUT2D eigenvalue weighted by molar-refractivity contribution is 0.297. The predicted molar refractivity (Wildman–Crippen MR) is 72.2 cm³/mol. The van der Waals surface area contributed by atoms with Gasteiger partial charge in [-0.1, -0.05) is 34.1 Å². The van der Waals surface area contributed by atoms with E-state index in [4.69, 9.17) is 4.74 Å². The van der Waals surface area contributed by atoms with Crippen molar-refractivity contribution in [2.75, 3.05) is 11.9 Å². The van der Waals surface area contributed by atoms with Crippen molar-refractivity contribution >= 4 is 15.9 Å². The Kier molecular flexibility index (Phi) is 4.20. The highest BCUT2D eigenvalue weighted by molar-refractivity contribution is 9.09. The fourth-order valence-electron chi connectivity index (χ4n) is 1.56. The molecule has 1 aromatic heterocycles. The first-order valence-corrected chi connectivity index (χ1v) is 6.74. The van der Waals surface area contributed by atoms with Crippen molar-refractivity contribution in [3.63, 3.8) is 0 Å². The molecule has 4 heteroatoms. The van der Waals surface area contributed by atoms with Gasteiger partial charge in [-0.3, -0.25) is 0 Å². The molecule has 0 radical (unpaired) electrons. The van der Waals surface area contributed by atoms with Gasteiger partial charge in [0, 0.05) is 11.4 Å². The number of rotatable bonds is 5. The molecule has 0 unspecified atom stereocenters. The maximum atomic E-state index is 5.72. The third-order valence-corrected chi connectivity index (χ3v) is 2.89. The van der Waals surface area contributed by atoms with Crippen LogP contribution in [0.15, 0.2) is 36.4 Å². The molecule has 0 aliphatic rings. The van der Waals surface area contributed by atoms with Crippen LogP contribution < -0.4 is 4.74 Å². The van der Waals surface area contributed by atoms with Gasteiger partial charge in [-0.2, -0.15) is 5.10 Å². The molecule has 0 saturated carbocycles. The van der Waals surface area contributed by atoms with Crippen LogP contribution in [-0.4, -0.2) is 21.7 Å². The zero-order valence-electron chi connectivity index (χ0n) is 9.77. The quantitative estimate of drug-likeness (QED) is 0.625. The van der Waals surface area contributed by atoms with E-state index in [0.29, 0.717) is 6.61 Å². The largest absolute Gasteiger partial charge is 0.478 e. The molecule has 0 saturated heterocycles. The van der Waals surface area contributed by atoms with Crippen molar-refractivity contribution in [2.45, 2.75) is 13.3 Å². The molecule has 2 rings (SSSR count). The van der Waals surface area contributed by atoms with E-state index in [1.165, 1.54) is 0 Å². The van der Waals surface area contributed by atoms with Crippen LogP contribution in [0.1, 0.15) is 12.1 Å². The van der Waals surface area contributed by atoms with Crippen LogP contribution in [0.3, 0.4) is 0 Å². The summed E-state index contributed by atoms with van der Waals surface area (Å²) < 4.78 is 7.56. The third kappa shape index (κ3) is 3.09. The number of aryl methyl sites for hydroxylation is 1. The zero-order chi connectivity index (χ0) is 12.1. The highest BCUT2D eigenvalue weighted by Gasteiger charge is 2.07. The van der Waals surface area contributed by atoms with Crippen LogP contribution in [-0.2, 0) is 0 Å². The summed E-state index contributed by atoms with van der Waals surface area (Å²) in [4.78, 5) is 0. The van der Waals surface area contributed by atoms with Crippen molar-refractivity contribution < 1.29 is 4.74 Å². The minimum absolute atomic E-state index is 0.698. The van der Waals surface area contributed by atoms with Gasteiger partial charge in [-0.05, 0) is 25.5 Å². The second-order valence-corrected chi connectivity index (χ2v) is 4.56. The summed E-state index contributed by atoms with van der Waals surface area (Å²) in [6.07, 6.45) is 0.985. The Balaban J connectivity index is 2.22. The second kappa shape index (κ2) is 5.87. The molecule has 0 N–H and O–H groups in total. The average Bonchev–Trinajstić information content (AvgIpc) is 2.72. The first-order chi connectivity index (χ1) is 8.31. The number of ether oxygens (including phenoxy) is 1. The summed E-state index contributed by atoms with van der Waals surface area (Å²) in [6.45, 7) is 2.67. The van der Waals surface area contributed by atoms with E-state index in [-0.39, 0.29) is 0 Å². The molecule has 0 amide bonds. The third-order valence-electron chi connectivity index (χ3n) is 2.33. The number of hydrogen-bond donors (Lipinski definition) is 0. The predicted octanol–water partition coefficient (Wildman–Crippen LogP) is 3.34. The lowest BCUT2D eigenvalue weighted by Gasteiger charge is -2.08. The Morgan fingerprint density at radius 1 is 1.29 bits per heavy atom. The summed E-state index contributed by atoms with van der Waals surface area (Å²) in [5, 5.41) is 5.39. The van der Waals surface area contributed by atoms with Crippen molar-refractivity contribution in [3.8, 4) is 11.6 Å². The van der Waals surface area contributed by atoms with E-state index < -0.39 is 0 Å². The van der Waals surface area contributed by atoms with Crippen LogP contribution in [0.5, 0.6) is 5.88 Å². The number of benzene rings is 1. The molecule has 1 aromatic carbocycles. The van der Waals surface area contributed by atoms with Gasteiger partial charge in [0.2, 0.25) is 5.88 Å². The number of nitrogens with zero attached hydrogens (tertiary/aromatic N) is 2. The van der Waals surface area contributed by atoms with Crippen LogP contribution in [0, 0.1) is 6.92 Å². The SMILES string of the molecule is Cc1cc(OCCCBr)n(-c2ccccc2)n1. The topological polar surface area (TPSA) is 27.1 Å². The highest BCUT2D eigenvalue weighted by atomic mass is 79.9. The smallest absolute Gasteiger partial charge is 0.216 e. The van der Waals surface area contributed by atoms with E-state index in [0.717, 1.165) is 29.0 Å². The zero-order valence-corrected chi connectivity index (χ0v) is 11.4. The molecule has 3 nitrogen and oxygen atoms in total. The van der Waals surface area contributed by atoms with Crippen molar-refractivity contribution in [3.05, 3.63) is 42.1 Å². The van der Waals surface area contributed by atoms with Gasteiger partial charge in [-0.15, -0.1) is 0 Å². The second-order valence-electron chi connectivity index (χ2n) is 3.76. The minimum Gasteiger partial charge on any atom is -0.478 e. The molecule has 0 bridgehead atoms. The number of hydrogen-bond acceptors (Lipinski definition) is 2. The lowest BCUT2D eigenvalue weighted by atomic mass is 10.3. The van der Waals surface area contributed by atoms with Gasteiger partial charge < -0.3 is 4.74 Å². The Hall–Kier alpha value is -1.29. The number of alkyl halides is 1. The van der Waals surface area contributed by atoms with Crippen LogP contribution >= 0.6 is 15.9 Å². The molecular weight excluding hydrogens is 280 g/mol. The first-order valence-electron chi connectivity index (χ1n) is 5.62. The molecule has 2 aromatic rings. The maximum Gasteiger partial charge on any atom is 0.216 e. The molecule has 0 aliphatic heterocycles. The Morgan fingerprint density at radius 3 is 2.76 bits per heavy atom. The monoisotopic (exact) mass is 294 g/mol. The van der Waals surface area contributed by atoms with Gasteiger partial charge in [0.15, 0.2) is 0 Å². The van der Waals surface area contributed by atoms with Gasteiger partial charge in [0.05, 0.1) is 18.0 Å².